The lowest BCUT2D eigenvalue weighted by atomic mass is 10.2. The molecule has 8 heteroatoms. The average Bonchev–Trinajstić information content (AvgIpc) is 3.24. The third kappa shape index (κ3) is 5.17. The lowest BCUT2D eigenvalue weighted by molar-refractivity contribution is 0.611. The molecule has 0 unspecified atom stereocenters. The van der Waals surface area contributed by atoms with Crippen molar-refractivity contribution in [1.82, 2.24) is 25.8 Å². The van der Waals surface area contributed by atoms with Gasteiger partial charge in [0.2, 0.25) is 0 Å². The highest BCUT2D eigenvalue weighted by atomic mass is 127. The Kier molecular flexibility index (Phi) is 7.47. The summed E-state index contributed by atoms with van der Waals surface area (Å²) in [6.45, 7) is 0.565. The van der Waals surface area contributed by atoms with E-state index < -0.39 is 0 Å². The van der Waals surface area contributed by atoms with E-state index in [2.05, 4.69) is 46.7 Å². The molecule has 1 fully saturated rings. The molecular weight excluding hydrogens is 483 g/mol. The number of nitrogens with one attached hydrogen (secondary N) is 3. The lowest BCUT2D eigenvalue weighted by Crippen LogP contribution is -2.42. The maximum absolute atomic E-state index is 4.52. The highest BCUT2D eigenvalue weighted by Crippen LogP contribution is 2.18. The molecule has 1 aromatic carbocycles. The summed E-state index contributed by atoms with van der Waals surface area (Å²) in [6.07, 6.45) is 5.04. The number of guanidine groups is 1. The van der Waals surface area contributed by atoms with Crippen molar-refractivity contribution in [3.63, 3.8) is 0 Å². The second-order valence-corrected chi connectivity index (χ2v) is 6.58. The Morgan fingerprint density at radius 2 is 2.00 bits per heavy atom. The molecule has 6 nitrogen and oxygen atoms in total. The van der Waals surface area contributed by atoms with Crippen LogP contribution in [0.5, 0.6) is 0 Å². The monoisotopic (exact) mass is 504 g/mol. The molecule has 0 saturated heterocycles. The Morgan fingerprint density at radius 3 is 2.67 bits per heavy atom. The van der Waals surface area contributed by atoms with Crippen LogP contribution in [0, 0.1) is 0 Å². The average molecular weight is 505 g/mol. The summed E-state index contributed by atoms with van der Waals surface area (Å²) in [6, 6.07) is 8.48. The minimum absolute atomic E-state index is 0. The fourth-order valence-electron chi connectivity index (χ4n) is 2.73. The molecule has 2 aromatic rings. The number of aromatic nitrogens is 3. The van der Waals surface area contributed by atoms with Gasteiger partial charge in [-0.25, -0.2) is 4.98 Å². The van der Waals surface area contributed by atoms with Gasteiger partial charge in [0, 0.05) is 23.1 Å². The third-order valence-electron chi connectivity index (χ3n) is 3.98. The van der Waals surface area contributed by atoms with Crippen molar-refractivity contribution in [3.05, 3.63) is 34.6 Å². The van der Waals surface area contributed by atoms with Crippen molar-refractivity contribution < 1.29 is 0 Å². The minimum Gasteiger partial charge on any atom is -0.354 e. The summed E-state index contributed by atoms with van der Waals surface area (Å²) in [5, 5.41) is 14.0. The summed E-state index contributed by atoms with van der Waals surface area (Å²) in [7, 11) is 1.79. The molecule has 1 saturated carbocycles. The normalized spacial score (nSPS) is 15.2. The topological polar surface area (TPSA) is 78.0 Å². The van der Waals surface area contributed by atoms with E-state index >= 15 is 0 Å². The zero-order valence-electron chi connectivity index (χ0n) is 13.6. The SMILES string of the molecule is CN=C(NCc1nc(-c2ccc(Br)cc2)n[nH]1)NC1CCCC1.I. The Labute approximate surface area is 167 Å². The summed E-state index contributed by atoms with van der Waals surface area (Å²) >= 11 is 3.43. The predicted octanol–water partition coefficient (Wildman–Crippen LogP) is 3.46. The number of hydrogen-bond acceptors (Lipinski definition) is 3. The number of H-pyrrole nitrogens is 1. The number of hydrogen-bond donors (Lipinski definition) is 3. The van der Waals surface area contributed by atoms with Crippen LogP contribution < -0.4 is 10.6 Å². The summed E-state index contributed by atoms with van der Waals surface area (Å²) in [4.78, 5) is 8.79. The van der Waals surface area contributed by atoms with Gasteiger partial charge in [0.25, 0.3) is 0 Å². The first kappa shape index (κ1) is 19.2. The smallest absolute Gasteiger partial charge is 0.191 e. The fraction of sp³-hybridized carbons (Fsp3) is 0.438. The van der Waals surface area contributed by atoms with Crippen molar-refractivity contribution in [2.24, 2.45) is 4.99 Å². The summed E-state index contributed by atoms with van der Waals surface area (Å²) in [5.74, 6) is 2.31. The first-order chi connectivity index (χ1) is 11.2. The van der Waals surface area contributed by atoms with Crippen LogP contribution in [0.4, 0.5) is 0 Å². The Balaban J connectivity index is 0.00000208. The van der Waals surface area contributed by atoms with Gasteiger partial charge < -0.3 is 10.6 Å². The molecule has 1 heterocycles. The van der Waals surface area contributed by atoms with Gasteiger partial charge in [-0.2, -0.15) is 5.10 Å². The maximum Gasteiger partial charge on any atom is 0.191 e. The van der Waals surface area contributed by atoms with E-state index in [-0.39, 0.29) is 24.0 Å². The predicted molar refractivity (Wildman–Crippen MR) is 111 cm³/mol. The highest BCUT2D eigenvalue weighted by Gasteiger charge is 2.16. The van der Waals surface area contributed by atoms with Crippen LogP contribution in [0.1, 0.15) is 31.5 Å². The van der Waals surface area contributed by atoms with Gasteiger partial charge in [-0.05, 0) is 25.0 Å². The molecule has 0 bridgehead atoms. The lowest BCUT2D eigenvalue weighted by Gasteiger charge is -2.16. The summed E-state index contributed by atoms with van der Waals surface area (Å²) < 4.78 is 1.04. The van der Waals surface area contributed by atoms with E-state index in [1.807, 2.05) is 24.3 Å². The van der Waals surface area contributed by atoms with Crippen LogP contribution in [0.15, 0.2) is 33.7 Å². The third-order valence-corrected chi connectivity index (χ3v) is 4.51. The number of benzene rings is 1. The fourth-order valence-corrected chi connectivity index (χ4v) is 2.99. The van der Waals surface area contributed by atoms with E-state index in [0.29, 0.717) is 18.4 Å². The quantitative estimate of drug-likeness (QED) is 0.338. The van der Waals surface area contributed by atoms with Crippen LogP contribution in [0.2, 0.25) is 0 Å². The molecule has 3 rings (SSSR count). The van der Waals surface area contributed by atoms with Crippen LogP contribution >= 0.6 is 39.9 Å². The van der Waals surface area contributed by atoms with Gasteiger partial charge in [0.1, 0.15) is 5.82 Å². The van der Waals surface area contributed by atoms with E-state index in [1.54, 1.807) is 7.05 Å². The van der Waals surface area contributed by atoms with Gasteiger partial charge in [-0.3, -0.25) is 10.1 Å². The standard InChI is InChI=1S/C16H21BrN6.HI/c1-18-16(20-13-4-2-3-5-13)19-10-14-21-15(23-22-14)11-6-8-12(17)9-7-11;/h6-9,13H,2-5,10H2,1H3,(H2,18,19,20)(H,21,22,23);1H. The van der Waals surface area contributed by atoms with Crippen molar-refractivity contribution in [2.45, 2.75) is 38.3 Å². The van der Waals surface area contributed by atoms with Crippen LogP contribution in [-0.2, 0) is 6.54 Å². The highest BCUT2D eigenvalue weighted by molar-refractivity contribution is 14.0. The largest absolute Gasteiger partial charge is 0.354 e. The Morgan fingerprint density at radius 1 is 1.29 bits per heavy atom. The molecule has 3 N–H and O–H groups in total. The second-order valence-electron chi connectivity index (χ2n) is 5.66. The molecule has 0 aliphatic heterocycles. The van der Waals surface area contributed by atoms with Crippen molar-refractivity contribution in [2.75, 3.05) is 7.05 Å². The summed E-state index contributed by atoms with van der Waals surface area (Å²) in [5.41, 5.74) is 0.990. The number of halogens is 2. The first-order valence-corrected chi connectivity index (χ1v) is 8.68. The van der Waals surface area contributed by atoms with E-state index in [9.17, 15) is 0 Å². The van der Waals surface area contributed by atoms with Crippen LogP contribution in [0.25, 0.3) is 11.4 Å². The Hall–Kier alpha value is -1.16. The number of aromatic amines is 1. The Bertz CT molecular complexity index is 663. The van der Waals surface area contributed by atoms with Crippen LogP contribution in [0.3, 0.4) is 0 Å². The molecular formula is C16H22BrIN6. The first-order valence-electron chi connectivity index (χ1n) is 7.89. The zero-order valence-corrected chi connectivity index (χ0v) is 17.5. The molecule has 0 atom stereocenters. The van der Waals surface area contributed by atoms with Crippen molar-refractivity contribution in [1.29, 1.82) is 0 Å². The minimum atomic E-state index is 0. The van der Waals surface area contributed by atoms with Gasteiger partial charge in [-0.15, -0.1) is 24.0 Å². The molecule has 0 radical (unpaired) electrons. The molecule has 24 heavy (non-hydrogen) atoms. The van der Waals surface area contributed by atoms with Gasteiger partial charge in [0.05, 0.1) is 6.54 Å². The van der Waals surface area contributed by atoms with Crippen molar-refractivity contribution in [3.8, 4) is 11.4 Å². The van der Waals surface area contributed by atoms with E-state index in [4.69, 9.17) is 0 Å². The van der Waals surface area contributed by atoms with E-state index in [1.165, 1.54) is 25.7 Å². The van der Waals surface area contributed by atoms with Gasteiger partial charge in [0.15, 0.2) is 11.8 Å². The number of rotatable bonds is 4. The van der Waals surface area contributed by atoms with E-state index in [0.717, 1.165) is 21.8 Å². The number of nitrogens with zero attached hydrogens (tertiary/aromatic N) is 3. The molecule has 0 spiro atoms. The van der Waals surface area contributed by atoms with Crippen LogP contribution in [-0.4, -0.2) is 34.2 Å². The van der Waals surface area contributed by atoms with Crippen molar-refractivity contribution >= 4 is 45.9 Å². The maximum atomic E-state index is 4.52. The molecule has 1 aromatic heterocycles. The molecule has 1 aliphatic carbocycles. The van der Waals surface area contributed by atoms with Gasteiger partial charge >= 0.3 is 0 Å². The van der Waals surface area contributed by atoms with Gasteiger partial charge in [-0.1, -0.05) is 40.9 Å². The molecule has 0 amide bonds. The molecule has 1 aliphatic rings. The molecule has 130 valence electrons. The number of aliphatic imine (C=N–C) groups is 1. The second kappa shape index (κ2) is 9.36. The zero-order chi connectivity index (χ0) is 16.1.